The summed E-state index contributed by atoms with van der Waals surface area (Å²) in [6, 6.07) is 2.74. The maximum atomic E-state index is 12.2. The van der Waals surface area contributed by atoms with Crippen LogP contribution in [0.1, 0.15) is 24.3 Å². The summed E-state index contributed by atoms with van der Waals surface area (Å²) in [5.74, 6) is -0.886. The molecular weight excluding hydrogens is 220 g/mol. The number of amides is 1. The Bertz CT molecular complexity index is 450. The minimum absolute atomic E-state index is 0.192. The highest BCUT2D eigenvalue weighted by atomic mass is 16.4. The molecule has 17 heavy (non-hydrogen) atoms. The Balaban J connectivity index is 2.34. The van der Waals surface area contributed by atoms with Gasteiger partial charge in [-0.1, -0.05) is 13.8 Å². The molecule has 0 saturated carbocycles. The standard InChI is InChI=1S/C12H16N2O3/c1-8(2)6-14-10(12(16)17)7-13-5-3-4-9(13)11(14)15/h3-5,8,10H,6-7H2,1-2H3,(H,16,17). The fourth-order valence-corrected chi connectivity index (χ4v) is 2.16. The summed E-state index contributed by atoms with van der Waals surface area (Å²) in [6.45, 7) is 4.75. The normalized spacial score (nSPS) is 19.6. The number of aliphatic carboxylic acids is 1. The predicted molar refractivity (Wildman–Crippen MR) is 61.7 cm³/mol. The largest absolute Gasteiger partial charge is 0.480 e. The van der Waals surface area contributed by atoms with E-state index in [-0.39, 0.29) is 11.8 Å². The second-order valence-electron chi connectivity index (χ2n) is 4.75. The third kappa shape index (κ3) is 2.05. The van der Waals surface area contributed by atoms with Crippen molar-refractivity contribution in [2.24, 2.45) is 5.92 Å². The smallest absolute Gasteiger partial charge is 0.328 e. The second kappa shape index (κ2) is 4.24. The number of hydrogen-bond acceptors (Lipinski definition) is 2. The first-order chi connectivity index (χ1) is 8.00. The molecule has 0 aliphatic carbocycles. The molecule has 5 heteroatoms. The minimum atomic E-state index is -0.946. The molecule has 0 spiro atoms. The average Bonchev–Trinajstić information content (AvgIpc) is 2.69. The Labute approximate surface area is 99.6 Å². The van der Waals surface area contributed by atoms with Crippen LogP contribution in [-0.4, -0.2) is 39.0 Å². The number of rotatable bonds is 3. The van der Waals surface area contributed by atoms with Gasteiger partial charge in [-0.2, -0.15) is 0 Å². The molecule has 1 N–H and O–H groups in total. The van der Waals surface area contributed by atoms with Crippen LogP contribution >= 0.6 is 0 Å². The monoisotopic (exact) mass is 236 g/mol. The summed E-state index contributed by atoms with van der Waals surface area (Å²) in [7, 11) is 0. The van der Waals surface area contributed by atoms with Gasteiger partial charge in [0.1, 0.15) is 11.7 Å². The summed E-state index contributed by atoms with van der Waals surface area (Å²) in [5.41, 5.74) is 0.572. The van der Waals surface area contributed by atoms with Gasteiger partial charge < -0.3 is 14.6 Å². The molecule has 0 bridgehead atoms. The van der Waals surface area contributed by atoms with Gasteiger partial charge in [-0.3, -0.25) is 4.79 Å². The lowest BCUT2D eigenvalue weighted by atomic mass is 10.1. The van der Waals surface area contributed by atoms with Gasteiger partial charge >= 0.3 is 5.97 Å². The Kier molecular flexibility index (Phi) is 2.92. The van der Waals surface area contributed by atoms with Crippen LogP contribution in [0.2, 0.25) is 0 Å². The molecule has 1 aliphatic rings. The van der Waals surface area contributed by atoms with Crippen molar-refractivity contribution in [3.63, 3.8) is 0 Å². The number of aromatic nitrogens is 1. The van der Waals surface area contributed by atoms with Crippen LogP contribution in [0.15, 0.2) is 18.3 Å². The molecular formula is C12H16N2O3. The average molecular weight is 236 g/mol. The van der Waals surface area contributed by atoms with E-state index in [1.807, 2.05) is 13.8 Å². The van der Waals surface area contributed by atoms with Crippen LogP contribution < -0.4 is 0 Å². The fraction of sp³-hybridized carbons (Fsp3) is 0.500. The predicted octanol–water partition coefficient (Wildman–Crippen LogP) is 1.05. The van der Waals surface area contributed by atoms with Crippen LogP contribution in [0.25, 0.3) is 0 Å². The maximum absolute atomic E-state index is 12.2. The number of fused-ring (bicyclic) bond motifs is 1. The highest BCUT2D eigenvalue weighted by Crippen LogP contribution is 2.19. The first-order valence-electron chi connectivity index (χ1n) is 5.69. The van der Waals surface area contributed by atoms with E-state index in [1.165, 1.54) is 4.90 Å². The molecule has 0 aromatic carbocycles. The molecule has 92 valence electrons. The van der Waals surface area contributed by atoms with E-state index in [0.717, 1.165) is 0 Å². The van der Waals surface area contributed by atoms with E-state index in [9.17, 15) is 14.7 Å². The first-order valence-corrected chi connectivity index (χ1v) is 5.69. The molecule has 0 radical (unpaired) electrons. The van der Waals surface area contributed by atoms with E-state index < -0.39 is 12.0 Å². The lowest BCUT2D eigenvalue weighted by Crippen LogP contribution is -2.52. The Hall–Kier alpha value is -1.78. The van der Waals surface area contributed by atoms with Gasteiger partial charge in [-0.15, -0.1) is 0 Å². The van der Waals surface area contributed by atoms with E-state index >= 15 is 0 Å². The summed E-state index contributed by atoms with van der Waals surface area (Å²) in [6.07, 6.45) is 1.75. The lowest BCUT2D eigenvalue weighted by molar-refractivity contribution is -0.143. The number of hydrogen-bond donors (Lipinski definition) is 1. The Morgan fingerprint density at radius 2 is 2.29 bits per heavy atom. The lowest BCUT2D eigenvalue weighted by Gasteiger charge is -2.35. The Morgan fingerprint density at radius 3 is 2.88 bits per heavy atom. The molecule has 1 amide bonds. The highest BCUT2D eigenvalue weighted by molar-refractivity contribution is 5.96. The number of carbonyl (C=O) groups is 2. The van der Waals surface area contributed by atoms with Gasteiger partial charge in [0.15, 0.2) is 0 Å². The molecule has 1 aliphatic heterocycles. The number of carboxylic acids is 1. The van der Waals surface area contributed by atoms with E-state index in [1.54, 1.807) is 22.9 Å². The number of nitrogens with zero attached hydrogens (tertiary/aromatic N) is 2. The zero-order valence-electron chi connectivity index (χ0n) is 9.96. The third-order valence-corrected chi connectivity index (χ3v) is 2.90. The van der Waals surface area contributed by atoms with Crippen molar-refractivity contribution in [2.45, 2.75) is 26.4 Å². The van der Waals surface area contributed by atoms with Crippen molar-refractivity contribution in [1.82, 2.24) is 9.47 Å². The van der Waals surface area contributed by atoms with Gasteiger partial charge in [-0.25, -0.2) is 4.79 Å². The van der Waals surface area contributed by atoms with E-state index in [0.29, 0.717) is 18.8 Å². The van der Waals surface area contributed by atoms with Crippen molar-refractivity contribution in [3.05, 3.63) is 24.0 Å². The zero-order valence-corrected chi connectivity index (χ0v) is 9.96. The molecule has 2 rings (SSSR count). The van der Waals surface area contributed by atoms with Crippen LogP contribution in [0.4, 0.5) is 0 Å². The van der Waals surface area contributed by atoms with Gasteiger partial charge in [0.05, 0.1) is 6.54 Å². The van der Waals surface area contributed by atoms with Gasteiger partial charge in [0, 0.05) is 12.7 Å². The zero-order chi connectivity index (χ0) is 12.6. The summed E-state index contributed by atoms with van der Waals surface area (Å²) in [5, 5.41) is 9.20. The minimum Gasteiger partial charge on any atom is -0.480 e. The van der Waals surface area contributed by atoms with Crippen molar-refractivity contribution < 1.29 is 14.7 Å². The summed E-state index contributed by atoms with van der Waals surface area (Å²) >= 11 is 0. The molecule has 1 aromatic heterocycles. The maximum Gasteiger partial charge on any atom is 0.328 e. The quantitative estimate of drug-likeness (QED) is 0.853. The molecule has 0 fully saturated rings. The molecule has 1 unspecified atom stereocenters. The molecule has 1 atom stereocenters. The van der Waals surface area contributed by atoms with Gasteiger partial charge in [0.25, 0.3) is 5.91 Å². The molecule has 5 nitrogen and oxygen atoms in total. The van der Waals surface area contributed by atoms with Gasteiger partial charge in [-0.05, 0) is 18.1 Å². The van der Waals surface area contributed by atoms with E-state index in [4.69, 9.17) is 0 Å². The summed E-state index contributed by atoms with van der Waals surface area (Å²) in [4.78, 5) is 24.8. The van der Waals surface area contributed by atoms with Crippen LogP contribution in [0.5, 0.6) is 0 Å². The third-order valence-electron chi connectivity index (χ3n) is 2.90. The van der Waals surface area contributed by atoms with Crippen LogP contribution in [0, 0.1) is 5.92 Å². The molecule has 0 saturated heterocycles. The second-order valence-corrected chi connectivity index (χ2v) is 4.75. The van der Waals surface area contributed by atoms with Crippen molar-refractivity contribution in [2.75, 3.05) is 6.54 Å². The molecule has 2 heterocycles. The summed E-state index contributed by atoms with van der Waals surface area (Å²) < 4.78 is 1.71. The van der Waals surface area contributed by atoms with E-state index in [2.05, 4.69) is 0 Å². The topological polar surface area (TPSA) is 62.5 Å². The number of carboxylic acid groups (broad SMARTS) is 1. The number of carbonyl (C=O) groups excluding carboxylic acids is 1. The first kappa shape index (κ1) is 11.7. The van der Waals surface area contributed by atoms with Crippen molar-refractivity contribution in [1.29, 1.82) is 0 Å². The fourth-order valence-electron chi connectivity index (χ4n) is 2.16. The highest BCUT2D eigenvalue weighted by Gasteiger charge is 2.36. The van der Waals surface area contributed by atoms with Gasteiger partial charge in [0.2, 0.25) is 0 Å². The SMILES string of the molecule is CC(C)CN1C(=O)c2cccn2CC1C(=O)O. The Morgan fingerprint density at radius 1 is 1.59 bits per heavy atom. The van der Waals surface area contributed by atoms with Crippen molar-refractivity contribution >= 4 is 11.9 Å². The molecule has 1 aromatic rings. The van der Waals surface area contributed by atoms with Crippen molar-refractivity contribution in [3.8, 4) is 0 Å². The van der Waals surface area contributed by atoms with Crippen LogP contribution in [0.3, 0.4) is 0 Å². The van der Waals surface area contributed by atoms with Crippen LogP contribution in [-0.2, 0) is 11.3 Å².